The topological polar surface area (TPSA) is 0 Å². The van der Waals surface area contributed by atoms with Gasteiger partial charge in [-0.25, -0.2) is 8.78 Å². The first-order valence-electron chi connectivity index (χ1n) is 6.27. The van der Waals surface area contributed by atoms with Crippen molar-refractivity contribution in [2.45, 2.75) is 34.6 Å². The fraction of sp³-hybridized carbons (Fsp3) is 0.294. The lowest BCUT2D eigenvalue weighted by molar-refractivity contribution is 0.615. The van der Waals surface area contributed by atoms with Crippen molar-refractivity contribution in [1.29, 1.82) is 0 Å². The van der Waals surface area contributed by atoms with Crippen molar-refractivity contribution in [3.63, 3.8) is 0 Å². The Morgan fingerprint density at radius 3 is 1.68 bits per heavy atom. The van der Waals surface area contributed by atoms with Gasteiger partial charge >= 0.3 is 0 Å². The molecule has 0 saturated heterocycles. The van der Waals surface area contributed by atoms with Crippen molar-refractivity contribution in [2.75, 3.05) is 0 Å². The molecule has 2 rings (SSSR count). The van der Waals surface area contributed by atoms with Crippen LogP contribution in [0, 0.1) is 46.3 Å². The minimum absolute atomic E-state index is 0.0995. The quantitative estimate of drug-likeness (QED) is 0.612. The summed E-state index contributed by atoms with van der Waals surface area (Å²) in [5.74, 6) is -0.215. The molecule has 0 fully saturated rings. The van der Waals surface area contributed by atoms with E-state index in [1.54, 1.807) is 26.0 Å². The van der Waals surface area contributed by atoms with Crippen LogP contribution < -0.4 is 0 Å². The Kier molecular flexibility index (Phi) is 5.22. The van der Waals surface area contributed by atoms with E-state index in [1.165, 1.54) is 6.07 Å². The summed E-state index contributed by atoms with van der Waals surface area (Å²) < 4.78 is 25.4. The normalized spacial score (nSPS) is 9.84. The molecular weight excluding hydrogens is 242 g/mol. The fourth-order valence-corrected chi connectivity index (χ4v) is 1.69. The van der Waals surface area contributed by atoms with Crippen LogP contribution in [0.4, 0.5) is 8.78 Å². The van der Waals surface area contributed by atoms with Crippen LogP contribution in [-0.4, -0.2) is 0 Å². The fourth-order valence-electron chi connectivity index (χ4n) is 1.69. The van der Waals surface area contributed by atoms with E-state index in [0.717, 1.165) is 22.3 Å². The molecule has 0 aliphatic rings. The highest BCUT2D eigenvalue weighted by molar-refractivity contribution is 5.30. The summed E-state index contributed by atoms with van der Waals surface area (Å²) in [4.78, 5) is 0. The van der Waals surface area contributed by atoms with Gasteiger partial charge in [-0.2, -0.15) is 0 Å². The van der Waals surface area contributed by atoms with Crippen molar-refractivity contribution in [3.05, 3.63) is 69.8 Å². The minimum atomic E-state index is -0.116. The van der Waals surface area contributed by atoms with Gasteiger partial charge in [-0.1, -0.05) is 18.2 Å². The van der Waals surface area contributed by atoms with Gasteiger partial charge in [-0.05, 0) is 74.6 Å². The third-order valence-corrected chi connectivity index (χ3v) is 3.08. The Hall–Kier alpha value is -1.70. The molecule has 2 aromatic rings. The lowest BCUT2D eigenvalue weighted by atomic mass is 10.1. The summed E-state index contributed by atoms with van der Waals surface area (Å²) in [6, 6.07) is 8.76. The second-order valence-corrected chi connectivity index (χ2v) is 4.94. The molecule has 102 valence electrons. The van der Waals surface area contributed by atoms with Crippen LogP contribution in [-0.2, 0) is 0 Å². The van der Waals surface area contributed by atoms with E-state index in [2.05, 4.69) is 0 Å². The zero-order valence-electron chi connectivity index (χ0n) is 12.1. The van der Waals surface area contributed by atoms with Crippen LogP contribution in [0.3, 0.4) is 0 Å². The van der Waals surface area contributed by atoms with Gasteiger partial charge in [0.05, 0.1) is 0 Å². The van der Waals surface area contributed by atoms with Crippen molar-refractivity contribution < 1.29 is 8.78 Å². The molecule has 0 nitrogen and oxygen atoms in total. The van der Waals surface area contributed by atoms with Gasteiger partial charge in [-0.15, -0.1) is 0 Å². The summed E-state index contributed by atoms with van der Waals surface area (Å²) >= 11 is 0. The molecule has 2 aromatic carbocycles. The average molecular weight is 262 g/mol. The van der Waals surface area contributed by atoms with Gasteiger partial charge in [0.25, 0.3) is 0 Å². The Morgan fingerprint density at radius 2 is 1.21 bits per heavy atom. The summed E-state index contributed by atoms with van der Waals surface area (Å²) in [5, 5.41) is 0. The van der Waals surface area contributed by atoms with Gasteiger partial charge < -0.3 is 0 Å². The molecule has 2 heteroatoms. The standard InChI is InChI=1S/C9H11F.C8H9F/c1-6-4-7(2)8(3)9(10)5-6;1-6-3-4-7(2)8(9)5-6/h4-5H,1-3H3;3-5H,1-2H3. The summed E-state index contributed by atoms with van der Waals surface area (Å²) in [5.41, 5.74) is 4.45. The van der Waals surface area contributed by atoms with Crippen LogP contribution in [0.5, 0.6) is 0 Å². The zero-order chi connectivity index (χ0) is 14.6. The highest BCUT2D eigenvalue weighted by Crippen LogP contribution is 2.13. The molecule has 0 amide bonds. The molecule has 0 radical (unpaired) electrons. The van der Waals surface area contributed by atoms with Gasteiger partial charge in [0.2, 0.25) is 0 Å². The van der Waals surface area contributed by atoms with E-state index in [4.69, 9.17) is 0 Å². The molecule has 0 aromatic heterocycles. The van der Waals surface area contributed by atoms with Crippen molar-refractivity contribution in [1.82, 2.24) is 0 Å². The third kappa shape index (κ3) is 4.47. The monoisotopic (exact) mass is 262 g/mol. The third-order valence-electron chi connectivity index (χ3n) is 3.08. The van der Waals surface area contributed by atoms with Crippen molar-refractivity contribution in [2.24, 2.45) is 0 Å². The molecule has 0 unspecified atom stereocenters. The Labute approximate surface area is 114 Å². The molecule has 0 spiro atoms. The number of aryl methyl sites for hydroxylation is 4. The van der Waals surface area contributed by atoms with Crippen molar-refractivity contribution in [3.8, 4) is 0 Å². The molecule has 0 bridgehead atoms. The predicted molar refractivity (Wildman–Crippen MR) is 76.5 cm³/mol. The van der Waals surface area contributed by atoms with Crippen LogP contribution >= 0.6 is 0 Å². The van der Waals surface area contributed by atoms with E-state index >= 15 is 0 Å². The zero-order valence-corrected chi connectivity index (χ0v) is 12.1. The van der Waals surface area contributed by atoms with E-state index in [-0.39, 0.29) is 11.6 Å². The minimum Gasteiger partial charge on any atom is -0.207 e. The first-order valence-corrected chi connectivity index (χ1v) is 6.27. The highest BCUT2D eigenvalue weighted by Gasteiger charge is 1.99. The Balaban J connectivity index is 0.000000191. The molecule has 0 saturated carbocycles. The van der Waals surface area contributed by atoms with Gasteiger partial charge in [0.15, 0.2) is 0 Å². The van der Waals surface area contributed by atoms with E-state index in [1.807, 2.05) is 32.9 Å². The van der Waals surface area contributed by atoms with Gasteiger partial charge in [0, 0.05) is 0 Å². The molecule has 19 heavy (non-hydrogen) atoms. The van der Waals surface area contributed by atoms with Crippen molar-refractivity contribution >= 4 is 0 Å². The first-order chi connectivity index (χ1) is 8.81. The number of halogens is 2. The summed E-state index contributed by atoms with van der Waals surface area (Å²) in [6.45, 7) is 9.25. The molecule has 0 N–H and O–H groups in total. The summed E-state index contributed by atoms with van der Waals surface area (Å²) in [6.07, 6.45) is 0. The van der Waals surface area contributed by atoms with Crippen LogP contribution in [0.2, 0.25) is 0 Å². The molecule has 0 aliphatic carbocycles. The van der Waals surface area contributed by atoms with Crippen LogP contribution in [0.1, 0.15) is 27.8 Å². The lowest BCUT2D eigenvalue weighted by Gasteiger charge is -2.01. The highest BCUT2D eigenvalue weighted by atomic mass is 19.1. The second kappa shape index (κ2) is 6.46. The Bertz CT molecular complexity index is 548. The lowest BCUT2D eigenvalue weighted by Crippen LogP contribution is -1.87. The Morgan fingerprint density at radius 1 is 0.632 bits per heavy atom. The smallest absolute Gasteiger partial charge is 0.126 e. The molecular formula is C17H20F2. The number of hydrogen-bond donors (Lipinski definition) is 0. The molecule has 0 aliphatic heterocycles. The summed E-state index contributed by atoms with van der Waals surface area (Å²) in [7, 11) is 0. The number of hydrogen-bond acceptors (Lipinski definition) is 0. The van der Waals surface area contributed by atoms with Crippen LogP contribution in [0.15, 0.2) is 30.3 Å². The van der Waals surface area contributed by atoms with E-state index in [9.17, 15) is 8.78 Å². The van der Waals surface area contributed by atoms with Crippen LogP contribution in [0.25, 0.3) is 0 Å². The SMILES string of the molecule is Cc1cc(C)c(C)c(F)c1.Cc1ccc(C)c(F)c1. The number of benzene rings is 2. The first kappa shape index (κ1) is 15.4. The maximum absolute atomic E-state index is 12.8. The molecule has 0 heterocycles. The number of rotatable bonds is 0. The predicted octanol–water partition coefficient (Wildman–Crippen LogP) is 5.19. The van der Waals surface area contributed by atoms with E-state index < -0.39 is 0 Å². The van der Waals surface area contributed by atoms with E-state index in [0.29, 0.717) is 5.56 Å². The second-order valence-electron chi connectivity index (χ2n) is 4.94. The maximum atomic E-state index is 12.8. The van der Waals surface area contributed by atoms with Gasteiger partial charge in [-0.3, -0.25) is 0 Å². The molecule has 0 atom stereocenters. The maximum Gasteiger partial charge on any atom is 0.126 e. The average Bonchev–Trinajstić information content (AvgIpc) is 2.32. The van der Waals surface area contributed by atoms with Gasteiger partial charge in [0.1, 0.15) is 11.6 Å². The largest absolute Gasteiger partial charge is 0.207 e.